The molecule has 0 fully saturated rings. The van der Waals surface area contributed by atoms with Gasteiger partial charge in [0.25, 0.3) is 0 Å². The average molecular weight is 212 g/mol. The topological polar surface area (TPSA) is 9.23 Å². The highest BCUT2D eigenvalue weighted by Crippen LogP contribution is 2.24. The molecule has 0 saturated heterocycles. The van der Waals surface area contributed by atoms with E-state index < -0.39 is 0 Å². The van der Waals surface area contributed by atoms with Crippen molar-refractivity contribution in [2.45, 2.75) is 12.5 Å². The number of fused-ring (bicyclic) bond motifs is 1. The standard InChI is InChI=1S/C15H16O/c1-3-6-15(16-2)14-10-9-12-7-4-5-8-13(12)11-14/h3-5,7-11,15H,1,6H2,2H3. The summed E-state index contributed by atoms with van der Waals surface area (Å²) >= 11 is 0. The van der Waals surface area contributed by atoms with Crippen LogP contribution >= 0.6 is 0 Å². The summed E-state index contributed by atoms with van der Waals surface area (Å²) in [5, 5.41) is 2.52. The molecule has 2 aromatic carbocycles. The van der Waals surface area contributed by atoms with Crippen LogP contribution in [0.3, 0.4) is 0 Å². The smallest absolute Gasteiger partial charge is 0.0855 e. The van der Waals surface area contributed by atoms with Crippen LogP contribution in [0.15, 0.2) is 55.1 Å². The summed E-state index contributed by atoms with van der Waals surface area (Å²) in [6, 6.07) is 14.8. The van der Waals surface area contributed by atoms with Gasteiger partial charge in [0, 0.05) is 7.11 Å². The minimum Gasteiger partial charge on any atom is -0.376 e. The lowest BCUT2D eigenvalue weighted by Gasteiger charge is -2.14. The Morgan fingerprint density at radius 1 is 1.19 bits per heavy atom. The van der Waals surface area contributed by atoms with Gasteiger partial charge in [-0.2, -0.15) is 0 Å². The van der Waals surface area contributed by atoms with Gasteiger partial charge in [-0.25, -0.2) is 0 Å². The van der Waals surface area contributed by atoms with Crippen molar-refractivity contribution in [1.82, 2.24) is 0 Å². The molecule has 0 aliphatic rings. The molecule has 1 unspecified atom stereocenters. The largest absolute Gasteiger partial charge is 0.376 e. The molecule has 2 aromatic rings. The molecule has 0 aliphatic carbocycles. The second-order valence-corrected chi connectivity index (χ2v) is 3.86. The molecule has 1 nitrogen and oxygen atoms in total. The summed E-state index contributed by atoms with van der Waals surface area (Å²) in [6.45, 7) is 3.76. The van der Waals surface area contributed by atoms with Gasteiger partial charge < -0.3 is 4.74 Å². The van der Waals surface area contributed by atoms with E-state index in [2.05, 4.69) is 49.0 Å². The van der Waals surface area contributed by atoms with Crippen LogP contribution in [0.1, 0.15) is 18.1 Å². The van der Waals surface area contributed by atoms with Gasteiger partial charge in [0.1, 0.15) is 0 Å². The van der Waals surface area contributed by atoms with Gasteiger partial charge in [-0.15, -0.1) is 6.58 Å². The Morgan fingerprint density at radius 2 is 1.94 bits per heavy atom. The first-order chi connectivity index (χ1) is 7.85. The zero-order valence-corrected chi connectivity index (χ0v) is 9.52. The Kier molecular flexibility index (Phi) is 3.37. The highest BCUT2D eigenvalue weighted by Gasteiger charge is 2.08. The van der Waals surface area contributed by atoms with Crippen LogP contribution in [0.5, 0.6) is 0 Å². The van der Waals surface area contributed by atoms with E-state index in [-0.39, 0.29) is 6.10 Å². The number of hydrogen-bond donors (Lipinski definition) is 0. The van der Waals surface area contributed by atoms with E-state index >= 15 is 0 Å². The molecule has 0 aliphatic heterocycles. The van der Waals surface area contributed by atoms with Crippen molar-refractivity contribution >= 4 is 10.8 Å². The summed E-state index contributed by atoms with van der Waals surface area (Å²) in [5.74, 6) is 0. The fraction of sp³-hybridized carbons (Fsp3) is 0.200. The lowest BCUT2D eigenvalue weighted by molar-refractivity contribution is 0.106. The molecule has 0 aromatic heterocycles. The quantitative estimate of drug-likeness (QED) is 0.693. The molecule has 16 heavy (non-hydrogen) atoms. The van der Waals surface area contributed by atoms with Crippen LogP contribution in [0.4, 0.5) is 0 Å². The van der Waals surface area contributed by atoms with Crippen LogP contribution in [0.25, 0.3) is 10.8 Å². The van der Waals surface area contributed by atoms with Crippen LogP contribution in [-0.2, 0) is 4.74 Å². The zero-order valence-electron chi connectivity index (χ0n) is 9.52. The second-order valence-electron chi connectivity index (χ2n) is 3.86. The van der Waals surface area contributed by atoms with Gasteiger partial charge in [0.2, 0.25) is 0 Å². The SMILES string of the molecule is C=CCC(OC)c1ccc2ccccc2c1. The van der Waals surface area contributed by atoms with Crippen LogP contribution < -0.4 is 0 Å². The lowest BCUT2D eigenvalue weighted by Crippen LogP contribution is -1.99. The number of methoxy groups -OCH3 is 1. The maximum absolute atomic E-state index is 5.45. The van der Waals surface area contributed by atoms with Crippen molar-refractivity contribution in [1.29, 1.82) is 0 Å². The summed E-state index contributed by atoms with van der Waals surface area (Å²) in [5.41, 5.74) is 1.21. The van der Waals surface area contributed by atoms with E-state index in [1.165, 1.54) is 16.3 Å². The van der Waals surface area contributed by atoms with Crippen molar-refractivity contribution < 1.29 is 4.74 Å². The molecule has 0 bridgehead atoms. The van der Waals surface area contributed by atoms with E-state index in [9.17, 15) is 0 Å². The summed E-state index contributed by atoms with van der Waals surface area (Å²) in [7, 11) is 1.74. The summed E-state index contributed by atoms with van der Waals surface area (Å²) < 4.78 is 5.45. The molecule has 0 amide bonds. The third-order valence-electron chi connectivity index (χ3n) is 2.81. The Hall–Kier alpha value is -1.60. The monoisotopic (exact) mass is 212 g/mol. The fourth-order valence-electron chi connectivity index (χ4n) is 1.93. The van der Waals surface area contributed by atoms with Crippen LogP contribution in [0.2, 0.25) is 0 Å². The molecule has 0 saturated carbocycles. The zero-order chi connectivity index (χ0) is 11.4. The van der Waals surface area contributed by atoms with Crippen molar-refractivity contribution in [3.05, 3.63) is 60.7 Å². The first kappa shape index (κ1) is 10.9. The van der Waals surface area contributed by atoms with Gasteiger partial charge in [-0.05, 0) is 28.8 Å². The third kappa shape index (κ3) is 2.15. The molecular formula is C15H16O. The first-order valence-corrected chi connectivity index (χ1v) is 5.47. The fourth-order valence-corrected chi connectivity index (χ4v) is 1.93. The molecular weight excluding hydrogens is 196 g/mol. The predicted octanol–water partition coefficient (Wildman–Crippen LogP) is 4.10. The number of rotatable bonds is 4. The van der Waals surface area contributed by atoms with Gasteiger partial charge in [0.15, 0.2) is 0 Å². The first-order valence-electron chi connectivity index (χ1n) is 5.47. The number of benzene rings is 2. The molecule has 0 spiro atoms. The van der Waals surface area contributed by atoms with E-state index in [1.54, 1.807) is 7.11 Å². The number of ether oxygens (including phenoxy) is 1. The van der Waals surface area contributed by atoms with Gasteiger partial charge in [0.05, 0.1) is 6.10 Å². The Morgan fingerprint density at radius 3 is 2.62 bits per heavy atom. The van der Waals surface area contributed by atoms with Gasteiger partial charge >= 0.3 is 0 Å². The van der Waals surface area contributed by atoms with Crippen molar-refractivity contribution in [3.8, 4) is 0 Å². The minimum absolute atomic E-state index is 0.113. The van der Waals surface area contributed by atoms with Crippen molar-refractivity contribution in [3.63, 3.8) is 0 Å². The van der Waals surface area contributed by atoms with Crippen LogP contribution in [-0.4, -0.2) is 7.11 Å². The second kappa shape index (κ2) is 4.95. The highest BCUT2D eigenvalue weighted by atomic mass is 16.5. The Bertz CT molecular complexity index is 488. The average Bonchev–Trinajstić information content (AvgIpc) is 2.35. The maximum atomic E-state index is 5.45. The Balaban J connectivity index is 2.41. The molecule has 0 heterocycles. The van der Waals surface area contributed by atoms with Crippen LogP contribution in [0, 0.1) is 0 Å². The number of hydrogen-bond acceptors (Lipinski definition) is 1. The van der Waals surface area contributed by atoms with Gasteiger partial charge in [-0.1, -0.05) is 42.5 Å². The predicted molar refractivity (Wildman–Crippen MR) is 68.5 cm³/mol. The molecule has 82 valence electrons. The summed E-state index contributed by atoms with van der Waals surface area (Å²) in [6.07, 6.45) is 2.85. The van der Waals surface area contributed by atoms with Crippen molar-refractivity contribution in [2.24, 2.45) is 0 Å². The minimum atomic E-state index is 0.113. The Labute approximate surface area is 96.4 Å². The normalized spacial score (nSPS) is 12.6. The maximum Gasteiger partial charge on any atom is 0.0855 e. The van der Waals surface area contributed by atoms with E-state index in [0.29, 0.717) is 0 Å². The summed E-state index contributed by atoms with van der Waals surface area (Å²) in [4.78, 5) is 0. The van der Waals surface area contributed by atoms with E-state index in [0.717, 1.165) is 6.42 Å². The molecule has 0 radical (unpaired) electrons. The highest BCUT2D eigenvalue weighted by molar-refractivity contribution is 5.83. The molecule has 0 N–H and O–H groups in total. The third-order valence-corrected chi connectivity index (χ3v) is 2.81. The molecule has 1 atom stereocenters. The van der Waals surface area contributed by atoms with Crippen molar-refractivity contribution in [2.75, 3.05) is 7.11 Å². The van der Waals surface area contributed by atoms with E-state index in [4.69, 9.17) is 4.74 Å². The molecule has 1 heteroatoms. The lowest BCUT2D eigenvalue weighted by atomic mass is 10.0. The van der Waals surface area contributed by atoms with Gasteiger partial charge in [-0.3, -0.25) is 0 Å². The van der Waals surface area contributed by atoms with E-state index in [1.807, 2.05) is 6.08 Å². The molecule has 2 rings (SSSR count).